The zero-order valence-corrected chi connectivity index (χ0v) is 49.7. The maximum atomic E-state index is 13.2. The van der Waals surface area contributed by atoms with Crippen molar-refractivity contribution in [1.82, 2.24) is 5.32 Å². The van der Waals surface area contributed by atoms with Gasteiger partial charge in [0.25, 0.3) is 0 Å². The molecule has 1 saturated heterocycles. The second-order valence-electron chi connectivity index (χ2n) is 23.1. The molecule has 6 N–H and O–H groups in total. The van der Waals surface area contributed by atoms with Gasteiger partial charge < -0.3 is 35.2 Å². The number of aliphatic hydroxyl groups is 4. The lowest BCUT2D eigenvalue weighted by atomic mass is 9.99. The Morgan fingerprint density at radius 1 is 0.480 bits per heavy atom. The molecule has 0 aromatic heterocycles. The average Bonchev–Trinajstić information content (AvgIpc) is 3.39. The van der Waals surface area contributed by atoms with Crippen LogP contribution in [0.2, 0.25) is 0 Å². The maximum absolute atomic E-state index is 13.2. The zero-order valence-electron chi connectivity index (χ0n) is 48.9. The Kier molecular flexibility index (Phi) is 50.5. The molecule has 0 aliphatic carbocycles. The van der Waals surface area contributed by atoms with E-state index < -0.39 is 59.9 Å². The van der Waals surface area contributed by atoms with Crippen molar-refractivity contribution in [1.29, 1.82) is 0 Å². The molecule has 0 bridgehead atoms. The highest BCUT2D eigenvalue weighted by Gasteiger charge is 2.48. The van der Waals surface area contributed by atoms with Crippen LogP contribution in [0.25, 0.3) is 0 Å². The predicted molar refractivity (Wildman–Crippen MR) is 310 cm³/mol. The molecule has 0 aromatic rings. The molecular formula is C62H123NO11S. The molecule has 1 aliphatic rings. The number of unbranched alkanes of at least 4 members (excludes halogenated alkanes) is 46. The van der Waals surface area contributed by atoms with Gasteiger partial charge >= 0.3 is 10.4 Å². The summed E-state index contributed by atoms with van der Waals surface area (Å²) >= 11 is 0. The van der Waals surface area contributed by atoms with Crippen molar-refractivity contribution < 1.29 is 51.8 Å². The number of hydrogen-bond donors (Lipinski definition) is 6. The van der Waals surface area contributed by atoms with E-state index in [0.29, 0.717) is 12.8 Å². The third-order valence-electron chi connectivity index (χ3n) is 15.9. The maximum Gasteiger partial charge on any atom is 0.397 e. The van der Waals surface area contributed by atoms with Crippen molar-refractivity contribution in [2.45, 2.75) is 378 Å². The van der Waals surface area contributed by atoms with Crippen molar-refractivity contribution in [2.75, 3.05) is 13.2 Å². The molecule has 0 saturated carbocycles. The fourth-order valence-corrected chi connectivity index (χ4v) is 11.4. The van der Waals surface area contributed by atoms with E-state index in [1.54, 1.807) is 0 Å². The molecule has 0 spiro atoms. The number of nitrogens with one attached hydrogen (secondary N) is 1. The summed E-state index contributed by atoms with van der Waals surface area (Å²) < 4.78 is 48.0. The minimum Gasteiger partial charge on any atom is -0.394 e. The zero-order chi connectivity index (χ0) is 54.7. The van der Waals surface area contributed by atoms with E-state index in [9.17, 15) is 38.2 Å². The van der Waals surface area contributed by atoms with Gasteiger partial charge in [0.15, 0.2) is 6.29 Å². The highest BCUT2D eigenvalue weighted by atomic mass is 32.3. The number of carbonyl (C=O) groups excluding carboxylic acids is 1. The van der Waals surface area contributed by atoms with Gasteiger partial charge in [-0.1, -0.05) is 316 Å². The topological polar surface area (TPSA) is 192 Å². The summed E-state index contributed by atoms with van der Waals surface area (Å²) in [6, 6.07) is -0.854. The monoisotopic (exact) mass is 1090 g/mol. The summed E-state index contributed by atoms with van der Waals surface area (Å²) in [4.78, 5) is 13.2. The minimum absolute atomic E-state index is 0.220. The summed E-state index contributed by atoms with van der Waals surface area (Å²) in [5.74, 6) is -0.220. The number of ether oxygens (including phenoxy) is 2. The average molecular weight is 1090 g/mol. The number of hydrogen-bond acceptors (Lipinski definition) is 10. The lowest BCUT2D eigenvalue weighted by Gasteiger charge is -2.41. The molecule has 1 aliphatic heterocycles. The van der Waals surface area contributed by atoms with Gasteiger partial charge in [0.05, 0.1) is 25.4 Å². The van der Waals surface area contributed by atoms with Crippen LogP contribution < -0.4 is 5.32 Å². The smallest absolute Gasteiger partial charge is 0.394 e. The molecule has 1 amide bonds. The second kappa shape index (κ2) is 52.5. The number of rotatable bonds is 58. The molecule has 0 radical (unpaired) electrons. The first-order valence-electron chi connectivity index (χ1n) is 32.4. The van der Waals surface area contributed by atoms with E-state index in [4.69, 9.17) is 9.47 Å². The van der Waals surface area contributed by atoms with E-state index in [2.05, 4.69) is 23.3 Å². The van der Waals surface area contributed by atoms with Crippen LogP contribution in [-0.2, 0) is 28.9 Å². The van der Waals surface area contributed by atoms with Crippen molar-refractivity contribution in [3.8, 4) is 0 Å². The van der Waals surface area contributed by atoms with E-state index in [1.165, 1.54) is 257 Å². The molecule has 75 heavy (non-hydrogen) atoms. The molecule has 7 atom stereocenters. The summed E-state index contributed by atoms with van der Waals surface area (Å²) in [7, 11) is -5.08. The summed E-state index contributed by atoms with van der Waals surface area (Å²) in [6.45, 7) is 3.52. The molecule has 0 aromatic carbocycles. The quantitative estimate of drug-likeness (QED) is 0.0251. The van der Waals surface area contributed by atoms with Crippen LogP contribution in [-0.4, -0.2) is 95.4 Å². The molecule has 12 nitrogen and oxygen atoms in total. The van der Waals surface area contributed by atoms with Crippen LogP contribution in [0.5, 0.6) is 0 Å². The van der Waals surface area contributed by atoms with Gasteiger partial charge in [0, 0.05) is 6.42 Å². The van der Waals surface area contributed by atoms with Gasteiger partial charge in [-0.25, -0.2) is 4.18 Å². The van der Waals surface area contributed by atoms with Gasteiger partial charge in [-0.05, 0) is 12.8 Å². The van der Waals surface area contributed by atoms with Crippen molar-refractivity contribution in [3.63, 3.8) is 0 Å². The summed E-state index contributed by atoms with van der Waals surface area (Å²) in [5.41, 5.74) is 0. The van der Waals surface area contributed by atoms with E-state index in [-0.39, 0.29) is 12.5 Å². The molecule has 1 rings (SSSR count). The van der Waals surface area contributed by atoms with Gasteiger partial charge in [-0.3, -0.25) is 9.35 Å². The Morgan fingerprint density at radius 2 is 0.773 bits per heavy atom. The molecule has 13 heteroatoms. The summed E-state index contributed by atoms with van der Waals surface area (Å²) in [5, 5.41) is 45.2. The van der Waals surface area contributed by atoms with E-state index >= 15 is 0 Å². The number of carbonyl (C=O) groups is 1. The largest absolute Gasteiger partial charge is 0.397 e. The first-order chi connectivity index (χ1) is 36.5. The highest BCUT2D eigenvalue weighted by molar-refractivity contribution is 7.80. The van der Waals surface area contributed by atoms with Crippen LogP contribution in [0.15, 0.2) is 0 Å². The van der Waals surface area contributed by atoms with Crippen LogP contribution in [0.3, 0.4) is 0 Å². The van der Waals surface area contributed by atoms with Gasteiger partial charge in [-0.15, -0.1) is 0 Å². The Hall–Kier alpha value is -0.900. The molecule has 448 valence electrons. The Labute approximate surface area is 462 Å². The predicted octanol–water partition coefficient (Wildman–Crippen LogP) is 16.0. The Morgan fingerprint density at radius 3 is 1.07 bits per heavy atom. The van der Waals surface area contributed by atoms with Crippen LogP contribution >= 0.6 is 0 Å². The van der Waals surface area contributed by atoms with E-state index in [1.807, 2.05) is 0 Å². The third kappa shape index (κ3) is 44.5. The van der Waals surface area contributed by atoms with E-state index in [0.717, 1.165) is 51.4 Å². The van der Waals surface area contributed by atoms with Gasteiger partial charge in [-0.2, -0.15) is 8.42 Å². The molecule has 1 heterocycles. The first-order valence-corrected chi connectivity index (χ1v) is 33.8. The molecule has 1 fully saturated rings. The van der Waals surface area contributed by atoms with Crippen LogP contribution in [0.4, 0.5) is 0 Å². The normalized spacial score (nSPS) is 18.9. The second-order valence-corrected chi connectivity index (χ2v) is 24.1. The van der Waals surface area contributed by atoms with Crippen molar-refractivity contribution in [2.24, 2.45) is 0 Å². The molecule has 7 unspecified atom stereocenters. The lowest BCUT2D eigenvalue weighted by molar-refractivity contribution is -0.298. The first kappa shape index (κ1) is 72.1. The van der Waals surface area contributed by atoms with Gasteiger partial charge in [0.2, 0.25) is 5.91 Å². The molecular weight excluding hydrogens is 967 g/mol. The van der Waals surface area contributed by atoms with Gasteiger partial charge in [0.1, 0.15) is 24.4 Å². The Balaban J connectivity index is 2.23. The SMILES string of the molecule is CCCCCCCCCCCCCCCCCCCCCCCCCCCCCCCCC(=O)NC(COC1OC(CO)C(O)C(OS(=O)(=O)O)C1O)C(O)CCCCCCCCCCCCCCCCCCCC. The van der Waals surface area contributed by atoms with Crippen molar-refractivity contribution >= 4 is 16.3 Å². The third-order valence-corrected chi connectivity index (χ3v) is 16.4. The standard InChI is InChI=1S/C62H123NO11S/c1-3-5-7-9-11-13-15-17-19-21-23-24-25-26-27-28-29-30-31-32-33-34-36-38-40-42-44-46-48-50-52-58(66)63-55(54-72-62-60(68)61(74-75(69,70)71)59(67)57(53-64)73-62)56(65)51-49-47-45-43-41-39-37-35-22-20-18-16-14-12-10-8-6-4-2/h55-57,59-62,64-65,67-68H,3-54H2,1-2H3,(H,63,66)(H,69,70,71). The lowest BCUT2D eigenvalue weighted by Crippen LogP contribution is -2.61. The van der Waals surface area contributed by atoms with Crippen LogP contribution in [0, 0.1) is 0 Å². The summed E-state index contributed by atoms with van der Waals surface area (Å²) in [6.07, 6.45) is 54.1. The Bertz CT molecular complexity index is 1330. The number of aliphatic hydroxyl groups excluding tert-OH is 4. The van der Waals surface area contributed by atoms with Crippen LogP contribution in [0.1, 0.15) is 335 Å². The fraction of sp³-hybridized carbons (Fsp3) is 0.984. The highest BCUT2D eigenvalue weighted by Crippen LogP contribution is 2.27. The number of amides is 1. The minimum atomic E-state index is -5.08. The van der Waals surface area contributed by atoms with Crippen molar-refractivity contribution in [3.05, 3.63) is 0 Å². The fourth-order valence-electron chi connectivity index (χ4n) is 10.9.